The first kappa shape index (κ1) is 14.1. The third-order valence-corrected chi connectivity index (χ3v) is 4.51. The summed E-state index contributed by atoms with van der Waals surface area (Å²) in [4.78, 5) is 14.6. The number of nitrogens with two attached hydrogens (primary N) is 1. The van der Waals surface area contributed by atoms with Gasteiger partial charge in [0.05, 0.1) is 0 Å². The van der Waals surface area contributed by atoms with Crippen LogP contribution in [0.2, 0.25) is 0 Å². The number of anilines is 1. The van der Waals surface area contributed by atoms with Crippen LogP contribution in [-0.2, 0) is 13.0 Å². The molecule has 21 heavy (non-hydrogen) atoms. The van der Waals surface area contributed by atoms with E-state index in [4.69, 9.17) is 5.73 Å². The molecular formula is C17H17BrN2O. The summed E-state index contributed by atoms with van der Waals surface area (Å²) in [7, 11) is 0. The van der Waals surface area contributed by atoms with Crippen LogP contribution < -0.4 is 5.73 Å². The van der Waals surface area contributed by atoms with Crippen LogP contribution in [0.5, 0.6) is 0 Å². The van der Waals surface area contributed by atoms with Crippen molar-refractivity contribution in [3.8, 4) is 0 Å². The largest absolute Gasteiger partial charge is 0.398 e. The summed E-state index contributed by atoms with van der Waals surface area (Å²) < 4.78 is 0.929. The molecular weight excluding hydrogens is 328 g/mol. The third-order valence-electron chi connectivity index (χ3n) is 4.02. The fourth-order valence-corrected chi connectivity index (χ4v) is 3.17. The molecule has 108 valence electrons. The second kappa shape index (κ2) is 5.53. The first-order valence-electron chi connectivity index (χ1n) is 6.98. The first-order chi connectivity index (χ1) is 10.1. The second-order valence-corrected chi connectivity index (χ2v) is 6.34. The van der Waals surface area contributed by atoms with E-state index in [2.05, 4.69) is 22.0 Å². The zero-order chi connectivity index (χ0) is 15.0. The molecule has 0 radical (unpaired) electrons. The summed E-state index contributed by atoms with van der Waals surface area (Å²) in [5, 5.41) is 0. The number of rotatable bonds is 1. The monoisotopic (exact) mass is 344 g/mol. The Kier molecular flexibility index (Phi) is 3.72. The van der Waals surface area contributed by atoms with Crippen molar-refractivity contribution in [2.24, 2.45) is 0 Å². The Hall–Kier alpha value is -1.81. The number of hydrogen-bond donors (Lipinski definition) is 1. The van der Waals surface area contributed by atoms with Gasteiger partial charge < -0.3 is 10.6 Å². The predicted octanol–water partition coefficient (Wildman–Crippen LogP) is 3.54. The molecule has 1 amide bonds. The molecule has 0 aromatic heterocycles. The maximum absolute atomic E-state index is 12.7. The lowest BCUT2D eigenvalue weighted by Gasteiger charge is -2.30. The van der Waals surface area contributed by atoms with E-state index in [1.165, 1.54) is 5.56 Å². The van der Waals surface area contributed by atoms with Crippen molar-refractivity contribution in [3.63, 3.8) is 0 Å². The lowest BCUT2D eigenvalue weighted by molar-refractivity contribution is 0.0734. The van der Waals surface area contributed by atoms with Gasteiger partial charge in [0.1, 0.15) is 0 Å². The third kappa shape index (κ3) is 2.68. The first-order valence-corrected chi connectivity index (χ1v) is 7.77. The number of hydrogen-bond acceptors (Lipinski definition) is 2. The summed E-state index contributed by atoms with van der Waals surface area (Å²) in [6.45, 7) is 3.31. The summed E-state index contributed by atoms with van der Waals surface area (Å²) in [5.74, 6) is 0.0851. The normalized spacial score (nSPS) is 13.9. The van der Waals surface area contributed by atoms with Gasteiger partial charge in [0.2, 0.25) is 0 Å². The number of fused-ring (bicyclic) bond motifs is 1. The lowest BCUT2D eigenvalue weighted by atomic mass is 9.97. The van der Waals surface area contributed by atoms with Gasteiger partial charge in [-0.2, -0.15) is 0 Å². The number of aryl methyl sites for hydroxylation is 1. The standard InChI is InChI=1S/C17H17BrN2O/c1-11-5-6-13(18)9-15(11)17(21)20-8-7-14-12(10-20)3-2-4-16(14)19/h2-6,9H,7-8,10,19H2,1H3. The molecule has 3 rings (SSSR count). The van der Waals surface area contributed by atoms with Crippen LogP contribution in [0.1, 0.15) is 27.0 Å². The van der Waals surface area contributed by atoms with Crippen LogP contribution in [-0.4, -0.2) is 17.4 Å². The molecule has 1 aliphatic heterocycles. The SMILES string of the molecule is Cc1ccc(Br)cc1C(=O)N1CCc2c(N)cccc2C1. The van der Waals surface area contributed by atoms with Crippen molar-refractivity contribution in [1.29, 1.82) is 0 Å². The van der Waals surface area contributed by atoms with Crippen molar-refractivity contribution in [2.45, 2.75) is 19.9 Å². The van der Waals surface area contributed by atoms with Crippen molar-refractivity contribution >= 4 is 27.5 Å². The highest BCUT2D eigenvalue weighted by molar-refractivity contribution is 9.10. The molecule has 0 saturated heterocycles. The van der Waals surface area contributed by atoms with Gasteiger partial charge in [0.25, 0.3) is 5.91 Å². The minimum atomic E-state index is 0.0851. The molecule has 0 aliphatic carbocycles. The molecule has 2 N–H and O–H groups in total. The van der Waals surface area contributed by atoms with E-state index in [1.807, 2.05) is 42.2 Å². The van der Waals surface area contributed by atoms with Gasteiger partial charge in [0, 0.05) is 28.8 Å². The molecule has 0 fully saturated rings. The van der Waals surface area contributed by atoms with Gasteiger partial charge in [-0.25, -0.2) is 0 Å². The van der Waals surface area contributed by atoms with E-state index in [0.29, 0.717) is 13.1 Å². The Morgan fingerprint density at radius 2 is 2.10 bits per heavy atom. The molecule has 3 nitrogen and oxygen atoms in total. The number of halogens is 1. The van der Waals surface area contributed by atoms with Crippen molar-refractivity contribution in [3.05, 3.63) is 63.1 Å². The van der Waals surface area contributed by atoms with Crippen LogP contribution in [0.4, 0.5) is 5.69 Å². The number of benzene rings is 2. The fourth-order valence-electron chi connectivity index (χ4n) is 2.81. The molecule has 4 heteroatoms. The van der Waals surface area contributed by atoms with Gasteiger partial charge in [0.15, 0.2) is 0 Å². The van der Waals surface area contributed by atoms with Gasteiger partial charge >= 0.3 is 0 Å². The molecule has 2 aromatic rings. The van der Waals surface area contributed by atoms with Crippen molar-refractivity contribution in [1.82, 2.24) is 4.90 Å². The number of nitrogen functional groups attached to an aromatic ring is 1. The number of nitrogens with zero attached hydrogens (tertiary/aromatic N) is 1. The average Bonchev–Trinajstić information content (AvgIpc) is 2.49. The lowest BCUT2D eigenvalue weighted by Crippen LogP contribution is -2.36. The smallest absolute Gasteiger partial charge is 0.254 e. The van der Waals surface area contributed by atoms with Crippen LogP contribution >= 0.6 is 15.9 Å². The van der Waals surface area contributed by atoms with Gasteiger partial charge in [-0.1, -0.05) is 34.1 Å². The van der Waals surface area contributed by atoms with E-state index in [9.17, 15) is 4.79 Å². The highest BCUT2D eigenvalue weighted by atomic mass is 79.9. The summed E-state index contributed by atoms with van der Waals surface area (Å²) >= 11 is 3.44. The van der Waals surface area contributed by atoms with Gasteiger partial charge in [-0.05, 0) is 48.2 Å². The highest BCUT2D eigenvalue weighted by Gasteiger charge is 2.23. The Labute approximate surface area is 132 Å². The molecule has 0 bridgehead atoms. The maximum atomic E-state index is 12.7. The average molecular weight is 345 g/mol. The van der Waals surface area contributed by atoms with Gasteiger partial charge in [-0.15, -0.1) is 0 Å². The van der Waals surface area contributed by atoms with E-state index < -0.39 is 0 Å². The van der Waals surface area contributed by atoms with Crippen molar-refractivity contribution in [2.75, 3.05) is 12.3 Å². The van der Waals surface area contributed by atoms with E-state index in [0.717, 1.165) is 33.3 Å². The van der Waals surface area contributed by atoms with Crippen LogP contribution in [0.15, 0.2) is 40.9 Å². The molecule has 1 aliphatic rings. The molecule has 0 spiro atoms. The van der Waals surface area contributed by atoms with Gasteiger partial charge in [-0.3, -0.25) is 4.79 Å². The molecule has 0 unspecified atom stereocenters. The van der Waals surface area contributed by atoms with Crippen LogP contribution in [0.3, 0.4) is 0 Å². The number of carbonyl (C=O) groups excluding carboxylic acids is 1. The zero-order valence-corrected chi connectivity index (χ0v) is 13.5. The quantitative estimate of drug-likeness (QED) is 0.804. The number of carbonyl (C=O) groups is 1. The Bertz CT molecular complexity index is 712. The highest BCUT2D eigenvalue weighted by Crippen LogP contribution is 2.26. The fraction of sp³-hybridized carbons (Fsp3) is 0.235. The summed E-state index contributed by atoms with van der Waals surface area (Å²) in [6.07, 6.45) is 0.820. The Morgan fingerprint density at radius 1 is 1.29 bits per heavy atom. The Balaban J connectivity index is 1.89. The van der Waals surface area contributed by atoms with E-state index >= 15 is 0 Å². The second-order valence-electron chi connectivity index (χ2n) is 5.42. The molecule has 0 atom stereocenters. The van der Waals surface area contributed by atoms with Crippen LogP contribution in [0.25, 0.3) is 0 Å². The van der Waals surface area contributed by atoms with Crippen LogP contribution in [0, 0.1) is 6.92 Å². The zero-order valence-electron chi connectivity index (χ0n) is 11.9. The van der Waals surface area contributed by atoms with E-state index in [-0.39, 0.29) is 5.91 Å². The minimum Gasteiger partial charge on any atom is -0.398 e. The predicted molar refractivity (Wildman–Crippen MR) is 88.2 cm³/mol. The molecule has 2 aromatic carbocycles. The summed E-state index contributed by atoms with van der Waals surface area (Å²) in [6, 6.07) is 11.7. The summed E-state index contributed by atoms with van der Waals surface area (Å²) in [5.41, 5.74) is 10.9. The van der Waals surface area contributed by atoms with E-state index in [1.54, 1.807) is 0 Å². The minimum absolute atomic E-state index is 0.0851. The number of amides is 1. The Morgan fingerprint density at radius 3 is 2.90 bits per heavy atom. The molecule has 1 heterocycles. The van der Waals surface area contributed by atoms with Crippen molar-refractivity contribution < 1.29 is 4.79 Å². The topological polar surface area (TPSA) is 46.3 Å². The maximum Gasteiger partial charge on any atom is 0.254 e. The molecule has 0 saturated carbocycles.